The van der Waals surface area contributed by atoms with Crippen LogP contribution < -0.4 is 5.32 Å². The molecule has 27 heavy (non-hydrogen) atoms. The fourth-order valence-corrected chi connectivity index (χ4v) is 4.34. The van der Waals surface area contributed by atoms with Crippen LogP contribution in [0, 0.1) is 0 Å². The number of nitrogens with one attached hydrogen (secondary N) is 1. The number of nitrogens with zero attached hydrogens (tertiary/aromatic N) is 1. The lowest BCUT2D eigenvalue weighted by molar-refractivity contribution is -0.120. The van der Waals surface area contributed by atoms with Gasteiger partial charge in [0, 0.05) is 23.0 Å². The number of hydrogen-bond acceptors (Lipinski definition) is 3. The quantitative estimate of drug-likeness (QED) is 0.652. The maximum absolute atomic E-state index is 12.4. The van der Waals surface area contributed by atoms with Crippen molar-refractivity contribution in [1.82, 2.24) is 10.2 Å². The van der Waals surface area contributed by atoms with Crippen molar-refractivity contribution in [1.29, 1.82) is 0 Å². The Bertz CT molecular complexity index is 744. The molecule has 1 fully saturated rings. The van der Waals surface area contributed by atoms with Crippen LogP contribution in [0.4, 0.5) is 0 Å². The predicted octanol–water partition coefficient (Wildman–Crippen LogP) is 5.12. The van der Waals surface area contributed by atoms with Crippen molar-refractivity contribution < 1.29 is 4.79 Å². The van der Waals surface area contributed by atoms with Gasteiger partial charge in [0.1, 0.15) is 0 Å². The van der Waals surface area contributed by atoms with Crippen LogP contribution in [0.2, 0.25) is 5.02 Å². The highest BCUT2D eigenvalue weighted by Gasteiger charge is 2.14. The van der Waals surface area contributed by atoms with Gasteiger partial charge in [-0.15, -0.1) is 11.8 Å². The number of hydrogen-bond donors (Lipinski definition) is 1. The van der Waals surface area contributed by atoms with Crippen molar-refractivity contribution in [3.8, 4) is 0 Å². The summed E-state index contributed by atoms with van der Waals surface area (Å²) in [5, 5.41) is 3.62. The summed E-state index contributed by atoms with van der Waals surface area (Å²) in [6.07, 6.45) is 3.96. The number of piperidine rings is 1. The molecular formula is C22H27ClN2OS. The molecule has 0 saturated carbocycles. The second-order valence-electron chi connectivity index (χ2n) is 7.09. The fraction of sp³-hybridized carbons (Fsp3) is 0.409. The van der Waals surface area contributed by atoms with Gasteiger partial charge in [-0.2, -0.15) is 0 Å². The first-order valence-corrected chi connectivity index (χ1v) is 10.9. The number of carbonyl (C=O) groups is 1. The molecule has 3 rings (SSSR count). The van der Waals surface area contributed by atoms with Gasteiger partial charge in [-0.25, -0.2) is 0 Å². The van der Waals surface area contributed by atoms with E-state index < -0.39 is 0 Å². The standard InChI is InChI=1S/C22H27ClN2OS/c1-17(27-21-10-8-20(23)9-11-21)22(26)24-15-18-6-5-7-19(14-18)16-25-12-3-2-4-13-25/h5-11,14,17H,2-4,12-13,15-16H2,1H3,(H,24,26). The number of carbonyl (C=O) groups excluding carboxylic acids is 1. The molecule has 144 valence electrons. The molecule has 2 aromatic carbocycles. The van der Waals surface area contributed by atoms with Crippen LogP contribution in [-0.4, -0.2) is 29.1 Å². The molecule has 1 atom stereocenters. The van der Waals surface area contributed by atoms with Crippen LogP contribution in [0.15, 0.2) is 53.4 Å². The average Bonchev–Trinajstić information content (AvgIpc) is 2.69. The molecule has 0 aliphatic carbocycles. The molecule has 0 aromatic heterocycles. The van der Waals surface area contributed by atoms with Gasteiger partial charge < -0.3 is 5.32 Å². The molecule has 0 spiro atoms. The Hall–Kier alpha value is -1.49. The monoisotopic (exact) mass is 402 g/mol. The van der Waals surface area contributed by atoms with Crippen molar-refractivity contribution in [3.05, 3.63) is 64.7 Å². The summed E-state index contributed by atoms with van der Waals surface area (Å²) in [7, 11) is 0. The highest BCUT2D eigenvalue weighted by molar-refractivity contribution is 8.00. The Labute approximate surface area is 171 Å². The van der Waals surface area contributed by atoms with Crippen LogP contribution in [0.3, 0.4) is 0 Å². The van der Waals surface area contributed by atoms with Gasteiger partial charge in [0.05, 0.1) is 5.25 Å². The second kappa shape index (κ2) is 10.2. The lowest BCUT2D eigenvalue weighted by atomic mass is 10.1. The molecule has 0 bridgehead atoms. The fourth-order valence-electron chi connectivity index (χ4n) is 3.32. The van der Waals surface area contributed by atoms with Gasteiger partial charge in [-0.3, -0.25) is 9.69 Å². The molecular weight excluding hydrogens is 376 g/mol. The summed E-state index contributed by atoms with van der Waals surface area (Å²) in [4.78, 5) is 16.0. The molecule has 1 aliphatic rings. The lowest BCUT2D eigenvalue weighted by Crippen LogP contribution is -2.30. The molecule has 1 amide bonds. The highest BCUT2D eigenvalue weighted by Crippen LogP contribution is 2.24. The average molecular weight is 403 g/mol. The number of rotatable bonds is 7. The van der Waals surface area contributed by atoms with E-state index in [1.165, 1.54) is 37.9 Å². The van der Waals surface area contributed by atoms with Crippen molar-refractivity contribution in [3.63, 3.8) is 0 Å². The second-order valence-corrected chi connectivity index (χ2v) is 8.94. The molecule has 0 radical (unpaired) electrons. The van der Waals surface area contributed by atoms with Crippen molar-refractivity contribution in [2.75, 3.05) is 13.1 Å². The molecule has 1 heterocycles. The van der Waals surface area contributed by atoms with E-state index in [4.69, 9.17) is 11.6 Å². The Kier molecular flexibility index (Phi) is 7.62. The first-order valence-electron chi connectivity index (χ1n) is 9.60. The summed E-state index contributed by atoms with van der Waals surface area (Å²) in [5.74, 6) is 0.0522. The SMILES string of the molecule is CC(Sc1ccc(Cl)cc1)C(=O)NCc1cccc(CN2CCCCC2)c1. The minimum atomic E-state index is -0.150. The number of benzene rings is 2. The first-order chi connectivity index (χ1) is 13.1. The zero-order chi connectivity index (χ0) is 19.1. The lowest BCUT2D eigenvalue weighted by Gasteiger charge is -2.26. The van der Waals surface area contributed by atoms with E-state index in [-0.39, 0.29) is 11.2 Å². The van der Waals surface area contributed by atoms with Crippen molar-refractivity contribution >= 4 is 29.3 Å². The minimum absolute atomic E-state index is 0.0522. The van der Waals surface area contributed by atoms with Crippen LogP contribution in [0.25, 0.3) is 0 Å². The van der Waals surface area contributed by atoms with Gasteiger partial charge >= 0.3 is 0 Å². The molecule has 1 unspecified atom stereocenters. The van der Waals surface area contributed by atoms with Gasteiger partial charge in [0.25, 0.3) is 0 Å². The maximum atomic E-state index is 12.4. The molecule has 1 saturated heterocycles. The Balaban J connectivity index is 1.49. The topological polar surface area (TPSA) is 32.3 Å². The first kappa shape index (κ1) is 20.2. The van der Waals surface area contributed by atoms with E-state index in [9.17, 15) is 4.79 Å². The number of halogens is 1. The Morgan fingerprint density at radius 3 is 2.56 bits per heavy atom. The zero-order valence-electron chi connectivity index (χ0n) is 15.8. The van der Waals surface area contributed by atoms with E-state index in [0.717, 1.165) is 17.0 Å². The molecule has 1 N–H and O–H groups in total. The van der Waals surface area contributed by atoms with Gasteiger partial charge in [-0.1, -0.05) is 42.3 Å². The third kappa shape index (κ3) is 6.56. The summed E-state index contributed by atoms with van der Waals surface area (Å²) in [6, 6.07) is 16.2. The molecule has 5 heteroatoms. The smallest absolute Gasteiger partial charge is 0.233 e. The Morgan fingerprint density at radius 2 is 1.81 bits per heavy atom. The largest absolute Gasteiger partial charge is 0.351 e. The third-order valence-electron chi connectivity index (χ3n) is 4.81. The van der Waals surface area contributed by atoms with Crippen molar-refractivity contribution in [2.45, 2.75) is 49.4 Å². The summed E-state index contributed by atoms with van der Waals surface area (Å²) >= 11 is 7.46. The molecule has 1 aliphatic heterocycles. The third-order valence-corrected chi connectivity index (χ3v) is 6.17. The molecule has 3 nitrogen and oxygen atoms in total. The normalized spacial score (nSPS) is 16.1. The van der Waals surface area contributed by atoms with Gasteiger partial charge in [0.15, 0.2) is 0 Å². The van der Waals surface area contributed by atoms with Crippen LogP contribution >= 0.6 is 23.4 Å². The van der Waals surface area contributed by atoms with Gasteiger partial charge in [-0.05, 0) is 68.2 Å². The van der Waals surface area contributed by atoms with E-state index in [0.29, 0.717) is 11.6 Å². The number of amides is 1. The maximum Gasteiger partial charge on any atom is 0.233 e. The number of likely N-dealkylation sites (tertiary alicyclic amines) is 1. The van der Waals surface area contributed by atoms with Crippen LogP contribution in [0.1, 0.15) is 37.3 Å². The van der Waals surface area contributed by atoms with E-state index >= 15 is 0 Å². The van der Waals surface area contributed by atoms with E-state index in [1.54, 1.807) is 11.8 Å². The zero-order valence-corrected chi connectivity index (χ0v) is 17.4. The van der Waals surface area contributed by atoms with Crippen molar-refractivity contribution in [2.24, 2.45) is 0 Å². The highest BCUT2D eigenvalue weighted by atomic mass is 35.5. The minimum Gasteiger partial charge on any atom is -0.351 e. The summed E-state index contributed by atoms with van der Waals surface area (Å²) in [6.45, 7) is 5.89. The van der Waals surface area contributed by atoms with Gasteiger partial charge in [0.2, 0.25) is 5.91 Å². The van der Waals surface area contributed by atoms with E-state index in [2.05, 4.69) is 34.5 Å². The Morgan fingerprint density at radius 1 is 1.11 bits per heavy atom. The van der Waals surface area contributed by atoms with Crippen LogP contribution in [0.5, 0.6) is 0 Å². The summed E-state index contributed by atoms with van der Waals surface area (Å²) in [5.41, 5.74) is 2.48. The molecule has 2 aromatic rings. The van der Waals surface area contributed by atoms with Crippen LogP contribution in [-0.2, 0) is 17.9 Å². The van der Waals surface area contributed by atoms with E-state index in [1.807, 2.05) is 31.2 Å². The summed E-state index contributed by atoms with van der Waals surface area (Å²) < 4.78 is 0. The number of thioether (sulfide) groups is 1. The predicted molar refractivity (Wildman–Crippen MR) is 114 cm³/mol.